The first kappa shape index (κ1) is 25.8. The highest BCUT2D eigenvalue weighted by atomic mass is 16.6. The molecule has 0 saturated carbocycles. The topological polar surface area (TPSA) is 71.9 Å². The molecule has 2 heterocycles. The van der Waals surface area contributed by atoms with Crippen LogP contribution in [0.4, 0.5) is 4.79 Å². The zero-order valence-corrected chi connectivity index (χ0v) is 21.9. The van der Waals surface area contributed by atoms with E-state index in [1.54, 1.807) is 11.1 Å². The number of aromatic nitrogens is 1. The standard InChI is InChI=1S/C30H37N3O3/c1-20-8-6-7-9-26(20)27(17-28(32-35)24-14-15-31-21(2)16-24)23-12-10-22(11-13-23)25-18-33(19-25)29(34)36-30(3,4)5/h6-16,20,25-28H,17-19H2,1-5H3. The average molecular weight is 488 g/mol. The van der Waals surface area contributed by atoms with Gasteiger partial charge in [-0.15, -0.1) is 0 Å². The van der Waals surface area contributed by atoms with Crippen molar-refractivity contribution in [1.29, 1.82) is 0 Å². The summed E-state index contributed by atoms with van der Waals surface area (Å²) in [5.74, 6) is 1.09. The molecule has 36 heavy (non-hydrogen) atoms. The van der Waals surface area contributed by atoms with Crippen LogP contribution in [0.5, 0.6) is 0 Å². The van der Waals surface area contributed by atoms with Gasteiger partial charge in [-0.1, -0.05) is 60.7 Å². The van der Waals surface area contributed by atoms with Gasteiger partial charge in [0, 0.05) is 30.9 Å². The Hall–Kier alpha value is -3.28. The molecule has 1 aliphatic heterocycles. The zero-order valence-electron chi connectivity index (χ0n) is 21.9. The second-order valence-electron chi connectivity index (χ2n) is 11.1. The minimum absolute atomic E-state index is 0.145. The Morgan fingerprint density at radius 2 is 1.81 bits per heavy atom. The van der Waals surface area contributed by atoms with Gasteiger partial charge < -0.3 is 9.64 Å². The number of amides is 1. The number of carbonyl (C=O) groups is 1. The van der Waals surface area contributed by atoms with Crippen molar-refractivity contribution >= 4 is 6.09 Å². The monoisotopic (exact) mass is 487 g/mol. The molecule has 0 spiro atoms. The molecule has 1 aliphatic carbocycles. The molecule has 0 bridgehead atoms. The molecular formula is C30H37N3O3. The summed E-state index contributed by atoms with van der Waals surface area (Å²) in [6.07, 6.45) is 10.8. The predicted octanol–water partition coefficient (Wildman–Crippen LogP) is 7.08. The van der Waals surface area contributed by atoms with Gasteiger partial charge in [0.05, 0.1) is 0 Å². The van der Waals surface area contributed by atoms with Crippen molar-refractivity contribution in [2.75, 3.05) is 13.1 Å². The lowest BCUT2D eigenvalue weighted by atomic mass is 9.73. The summed E-state index contributed by atoms with van der Waals surface area (Å²) in [5, 5.41) is 3.53. The van der Waals surface area contributed by atoms with Crippen LogP contribution in [-0.2, 0) is 4.74 Å². The van der Waals surface area contributed by atoms with Crippen molar-refractivity contribution < 1.29 is 9.53 Å². The first-order chi connectivity index (χ1) is 17.1. The van der Waals surface area contributed by atoms with Crippen molar-refractivity contribution in [3.8, 4) is 0 Å². The van der Waals surface area contributed by atoms with Gasteiger partial charge in [0.2, 0.25) is 0 Å². The predicted molar refractivity (Wildman–Crippen MR) is 143 cm³/mol. The van der Waals surface area contributed by atoms with E-state index in [1.807, 2.05) is 39.8 Å². The lowest BCUT2D eigenvalue weighted by Gasteiger charge is -2.40. The molecule has 4 atom stereocenters. The van der Waals surface area contributed by atoms with Gasteiger partial charge in [0.15, 0.2) is 0 Å². The maximum absolute atomic E-state index is 12.3. The van der Waals surface area contributed by atoms with Crippen LogP contribution in [0.15, 0.2) is 72.1 Å². The molecule has 4 rings (SSSR count). The van der Waals surface area contributed by atoms with Gasteiger partial charge in [-0.3, -0.25) is 4.98 Å². The Morgan fingerprint density at radius 1 is 1.11 bits per heavy atom. The summed E-state index contributed by atoms with van der Waals surface area (Å²) in [4.78, 5) is 30.3. The van der Waals surface area contributed by atoms with Crippen molar-refractivity contribution in [3.05, 3.63) is 94.2 Å². The Balaban J connectivity index is 1.51. The molecule has 4 unspecified atom stereocenters. The largest absolute Gasteiger partial charge is 0.444 e. The van der Waals surface area contributed by atoms with Gasteiger partial charge in [0.1, 0.15) is 11.6 Å². The number of aryl methyl sites for hydroxylation is 1. The van der Waals surface area contributed by atoms with E-state index in [0.717, 1.165) is 11.3 Å². The fourth-order valence-electron chi connectivity index (χ4n) is 5.19. The van der Waals surface area contributed by atoms with Gasteiger partial charge >= 0.3 is 6.09 Å². The molecule has 0 radical (unpaired) electrons. The molecule has 1 saturated heterocycles. The summed E-state index contributed by atoms with van der Waals surface area (Å²) in [5.41, 5.74) is 3.75. The number of nitrogens with zero attached hydrogens (tertiary/aromatic N) is 3. The highest BCUT2D eigenvalue weighted by Gasteiger charge is 2.35. The van der Waals surface area contributed by atoms with Gasteiger partial charge in [-0.25, -0.2) is 4.79 Å². The maximum Gasteiger partial charge on any atom is 0.410 e. The van der Waals surface area contributed by atoms with E-state index in [4.69, 9.17) is 4.74 Å². The highest BCUT2D eigenvalue weighted by Crippen LogP contribution is 2.42. The quantitative estimate of drug-likeness (QED) is 0.391. The molecule has 2 aromatic rings. The normalized spacial score (nSPS) is 21.5. The summed E-state index contributed by atoms with van der Waals surface area (Å²) < 4.78 is 5.48. The molecule has 1 amide bonds. The third-order valence-electron chi connectivity index (χ3n) is 7.21. The van der Waals surface area contributed by atoms with Crippen molar-refractivity contribution in [1.82, 2.24) is 9.88 Å². The number of ether oxygens (including phenoxy) is 1. The third-order valence-corrected chi connectivity index (χ3v) is 7.21. The lowest BCUT2D eigenvalue weighted by molar-refractivity contribution is 0.00819. The molecule has 1 aromatic carbocycles. The number of carbonyl (C=O) groups excluding carboxylic acids is 1. The highest BCUT2D eigenvalue weighted by molar-refractivity contribution is 5.69. The van der Waals surface area contributed by atoms with Crippen LogP contribution in [0.2, 0.25) is 0 Å². The summed E-state index contributed by atoms with van der Waals surface area (Å²) in [7, 11) is 0. The van der Waals surface area contributed by atoms with Gasteiger partial charge in [-0.2, -0.15) is 4.91 Å². The number of likely N-dealkylation sites (tertiary alicyclic amines) is 1. The minimum atomic E-state index is -0.484. The Kier molecular flexibility index (Phi) is 7.72. The van der Waals surface area contributed by atoms with Crippen molar-refractivity contribution in [3.63, 3.8) is 0 Å². The maximum atomic E-state index is 12.3. The minimum Gasteiger partial charge on any atom is -0.444 e. The first-order valence-electron chi connectivity index (χ1n) is 12.8. The fourth-order valence-corrected chi connectivity index (χ4v) is 5.19. The van der Waals surface area contributed by atoms with E-state index in [2.05, 4.69) is 65.7 Å². The Morgan fingerprint density at radius 3 is 2.42 bits per heavy atom. The number of nitroso groups, excluding NO2 is 1. The molecule has 1 aromatic heterocycles. The molecular weight excluding hydrogens is 450 g/mol. The Bertz CT molecular complexity index is 1130. The second kappa shape index (κ2) is 10.8. The van der Waals surface area contributed by atoms with E-state index in [0.29, 0.717) is 31.3 Å². The molecule has 190 valence electrons. The first-order valence-corrected chi connectivity index (χ1v) is 12.8. The van der Waals surface area contributed by atoms with Crippen LogP contribution in [0.3, 0.4) is 0 Å². The third kappa shape index (κ3) is 6.10. The van der Waals surface area contributed by atoms with E-state index in [-0.39, 0.29) is 17.9 Å². The number of hydrogen-bond acceptors (Lipinski definition) is 5. The lowest BCUT2D eigenvalue weighted by Crippen LogP contribution is -2.50. The van der Waals surface area contributed by atoms with Crippen molar-refractivity contribution in [2.24, 2.45) is 17.0 Å². The van der Waals surface area contributed by atoms with E-state index >= 15 is 0 Å². The van der Waals surface area contributed by atoms with Crippen LogP contribution in [0, 0.1) is 23.7 Å². The average Bonchev–Trinajstić information content (AvgIpc) is 2.79. The Labute approximate surface area is 214 Å². The number of allylic oxidation sites excluding steroid dienone is 4. The van der Waals surface area contributed by atoms with Crippen LogP contribution in [0.25, 0.3) is 0 Å². The summed E-state index contributed by atoms with van der Waals surface area (Å²) in [6.45, 7) is 11.2. The molecule has 0 N–H and O–H groups in total. The van der Waals surface area contributed by atoms with E-state index < -0.39 is 11.6 Å². The summed E-state index contributed by atoms with van der Waals surface area (Å²) >= 11 is 0. The fraction of sp³-hybridized carbons (Fsp3) is 0.467. The van der Waals surface area contributed by atoms with Crippen LogP contribution >= 0.6 is 0 Å². The SMILES string of the molecule is Cc1cc(C(CC(c2ccc(C3CN(C(=O)OC(C)(C)C)C3)cc2)C2C=CC=CC2C)N=O)ccn1. The number of hydrogen-bond donors (Lipinski definition) is 0. The molecule has 1 fully saturated rings. The smallest absolute Gasteiger partial charge is 0.410 e. The molecule has 6 heteroatoms. The van der Waals surface area contributed by atoms with Crippen molar-refractivity contribution in [2.45, 2.75) is 64.5 Å². The van der Waals surface area contributed by atoms with Gasteiger partial charge in [-0.05, 0) is 80.7 Å². The number of pyridine rings is 1. The summed E-state index contributed by atoms with van der Waals surface area (Å²) in [6, 6.07) is 12.1. The number of rotatable bonds is 7. The second-order valence-corrected chi connectivity index (χ2v) is 11.1. The molecule has 6 nitrogen and oxygen atoms in total. The van der Waals surface area contributed by atoms with E-state index in [9.17, 15) is 9.70 Å². The van der Waals surface area contributed by atoms with Crippen LogP contribution < -0.4 is 0 Å². The number of benzene rings is 1. The van der Waals surface area contributed by atoms with E-state index in [1.165, 1.54) is 11.1 Å². The zero-order chi connectivity index (χ0) is 25.9. The molecule has 2 aliphatic rings. The van der Waals surface area contributed by atoms with Crippen LogP contribution in [-0.4, -0.2) is 34.7 Å². The van der Waals surface area contributed by atoms with Gasteiger partial charge in [0.25, 0.3) is 0 Å². The van der Waals surface area contributed by atoms with Crippen LogP contribution in [0.1, 0.15) is 74.4 Å².